The van der Waals surface area contributed by atoms with Gasteiger partial charge in [0.15, 0.2) is 11.5 Å². The number of phenols is 1. The average Bonchev–Trinajstić information content (AvgIpc) is 3.09. The monoisotopic (exact) mass is 339 g/mol. The third kappa shape index (κ3) is 3.45. The fourth-order valence-corrected chi connectivity index (χ4v) is 4.00. The number of aromatic hydroxyl groups is 1. The van der Waals surface area contributed by atoms with Crippen LogP contribution in [0.1, 0.15) is 35.4 Å². The molecular formula is C21H25NO3. The summed E-state index contributed by atoms with van der Waals surface area (Å²) < 4.78 is 10.8. The summed E-state index contributed by atoms with van der Waals surface area (Å²) in [5, 5.41) is 10.1. The smallest absolute Gasteiger partial charge is 0.231 e. The summed E-state index contributed by atoms with van der Waals surface area (Å²) in [6, 6.07) is 12.2. The highest BCUT2D eigenvalue weighted by atomic mass is 16.7. The number of phenolic OH excluding ortho intramolecular Hbond substituents is 1. The highest BCUT2D eigenvalue weighted by Gasteiger charge is 2.23. The second-order valence-electron chi connectivity index (χ2n) is 7.13. The zero-order chi connectivity index (χ0) is 17.2. The van der Waals surface area contributed by atoms with E-state index in [2.05, 4.69) is 30.1 Å². The van der Waals surface area contributed by atoms with Gasteiger partial charge in [-0.15, -0.1) is 0 Å². The number of fused-ring (bicyclic) bond motifs is 2. The van der Waals surface area contributed by atoms with Gasteiger partial charge in [0.2, 0.25) is 6.79 Å². The highest BCUT2D eigenvalue weighted by Crippen LogP contribution is 2.36. The molecule has 1 aliphatic carbocycles. The molecule has 4 heteroatoms. The Morgan fingerprint density at radius 2 is 2.04 bits per heavy atom. The lowest BCUT2D eigenvalue weighted by atomic mass is 9.82. The molecule has 132 valence electrons. The minimum atomic E-state index is 0.326. The molecule has 2 aliphatic rings. The number of hydrogen-bond acceptors (Lipinski definition) is 4. The van der Waals surface area contributed by atoms with Crippen molar-refractivity contribution in [3.05, 3.63) is 53.1 Å². The quantitative estimate of drug-likeness (QED) is 0.902. The van der Waals surface area contributed by atoms with Crippen LogP contribution in [0.15, 0.2) is 36.4 Å². The van der Waals surface area contributed by atoms with Gasteiger partial charge in [-0.05, 0) is 73.5 Å². The number of likely N-dealkylation sites (N-methyl/N-ethyl adjacent to an activating group) is 1. The normalized spacial score (nSPS) is 18.4. The van der Waals surface area contributed by atoms with Crippen LogP contribution in [-0.2, 0) is 12.8 Å². The zero-order valence-electron chi connectivity index (χ0n) is 14.7. The van der Waals surface area contributed by atoms with Gasteiger partial charge >= 0.3 is 0 Å². The molecule has 2 aromatic carbocycles. The summed E-state index contributed by atoms with van der Waals surface area (Å²) in [4.78, 5) is 2.40. The SMILES string of the molecule is CN(CCc1ccc2c(c1)OCO2)C[C@@H]1CCCc2c(O)cccc21. The Hall–Kier alpha value is -2.20. The number of benzene rings is 2. The van der Waals surface area contributed by atoms with E-state index in [-0.39, 0.29) is 0 Å². The molecule has 2 aromatic rings. The third-order valence-corrected chi connectivity index (χ3v) is 5.36. The average molecular weight is 339 g/mol. The first-order chi connectivity index (χ1) is 12.2. The van der Waals surface area contributed by atoms with E-state index >= 15 is 0 Å². The van der Waals surface area contributed by atoms with Crippen LogP contribution in [0.5, 0.6) is 17.2 Å². The van der Waals surface area contributed by atoms with Crippen LogP contribution in [0.3, 0.4) is 0 Å². The standard InChI is InChI=1S/C21H25NO3/c1-22(11-10-15-8-9-20-21(12-15)25-14-24-20)13-16-4-2-6-18-17(16)5-3-7-19(18)23/h3,5,7-9,12,16,23H,2,4,6,10-11,13-14H2,1H3/t16-/m0/s1. The topological polar surface area (TPSA) is 41.9 Å². The number of nitrogens with zero attached hydrogens (tertiary/aromatic N) is 1. The van der Waals surface area contributed by atoms with Gasteiger partial charge in [0.25, 0.3) is 0 Å². The Balaban J connectivity index is 1.37. The van der Waals surface area contributed by atoms with Gasteiger partial charge in [-0.25, -0.2) is 0 Å². The van der Waals surface area contributed by atoms with E-state index in [4.69, 9.17) is 9.47 Å². The summed E-state index contributed by atoms with van der Waals surface area (Å²) in [5.74, 6) is 2.68. The van der Waals surface area contributed by atoms with E-state index < -0.39 is 0 Å². The molecule has 0 amide bonds. The van der Waals surface area contributed by atoms with Crippen molar-refractivity contribution in [2.75, 3.05) is 26.9 Å². The summed E-state index contributed by atoms with van der Waals surface area (Å²) >= 11 is 0. The summed E-state index contributed by atoms with van der Waals surface area (Å²) in [6.07, 6.45) is 4.35. The predicted octanol–water partition coefficient (Wildman–Crippen LogP) is 3.72. The van der Waals surface area contributed by atoms with Crippen molar-refractivity contribution in [3.8, 4) is 17.2 Å². The van der Waals surface area contributed by atoms with Crippen molar-refractivity contribution in [3.63, 3.8) is 0 Å². The second kappa shape index (κ2) is 6.96. The molecule has 0 spiro atoms. The summed E-state index contributed by atoms with van der Waals surface area (Å²) in [5.41, 5.74) is 3.77. The van der Waals surface area contributed by atoms with Crippen molar-refractivity contribution in [1.82, 2.24) is 4.90 Å². The summed E-state index contributed by atoms with van der Waals surface area (Å²) in [6.45, 7) is 2.36. The van der Waals surface area contributed by atoms with Gasteiger partial charge in [-0.3, -0.25) is 0 Å². The molecule has 4 nitrogen and oxygen atoms in total. The Morgan fingerprint density at radius 3 is 2.96 bits per heavy atom. The molecule has 0 saturated carbocycles. The van der Waals surface area contributed by atoms with E-state index in [1.807, 2.05) is 18.2 Å². The molecule has 0 saturated heterocycles. The highest BCUT2D eigenvalue weighted by molar-refractivity contribution is 5.45. The van der Waals surface area contributed by atoms with Gasteiger partial charge in [-0.2, -0.15) is 0 Å². The Labute approximate surface area is 149 Å². The van der Waals surface area contributed by atoms with Crippen molar-refractivity contribution in [1.29, 1.82) is 0 Å². The number of hydrogen-bond donors (Lipinski definition) is 1. The van der Waals surface area contributed by atoms with E-state index in [1.165, 1.54) is 17.5 Å². The fourth-order valence-electron chi connectivity index (χ4n) is 4.00. The van der Waals surface area contributed by atoms with Crippen molar-refractivity contribution in [2.24, 2.45) is 0 Å². The fraction of sp³-hybridized carbons (Fsp3) is 0.429. The van der Waals surface area contributed by atoms with Gasteiger partial charge in [-0.1, -0.05) is 18.2 Å². The van der Waals surface area contributed by atoms with Gasteiger partial charge in [0.1, 0.15) is 5.75 Å². The molecule has 0 unspecified atom stereocenters. The molecular weight excluding hydrogens is 314 g/mol. The first-order valence-electron chi connectivity index (χ1n) is 9.08. The van der Waals surface area contributed by atoms with Gasteiger partial charge < -0.3 is 19.5 Å². The van der Waals surface area contributed by atoms with Gasteiger partial charge in [0, 0.05) is 13.1 Å². The maximum absolute atomic E-state index is 10.1. The van der Waals surface area contributed by atoms with Crippen LogP contribution in [0.25, 0.3) is 0 Å². The molecule has 4 rings (SSSR count). The van der Waals surface area contributed by atoms with Crippen LogP contribution in [-0.4, -0.2) is 36.9 Å². The molecule has 1 heterocycles. The first kappa shape index (κ1) is 16.3. The lowest BCUT2D eigenvalue weighted by Crippen LogP contribution is -2.28. The van der Waals surface area contributed by atoms with Crippen LogP contribution in [0, 0.1) is 0 Å². The molecule has 1 atom stereocenters. The van der Waals surface area contributed by atoms with E-state index in [9.17, 15) is 5.11 Å². The first-order valence-corrected chi connectivity index (χ1v) is 9.08. The zero-order valence-corrected chi connectivity index (χ0v) is 14.7. The Kier molecular flexibility index (Phi) is 4.53. The minimum Gasteiger partial charge on any atom is -0.508 e. The van der Waals surface area contributed by atoms with Crippen molar-refractivity contribution >= 4 is 0 Å². The summed E-state index contributed by atoms with van der Waals surface area (Å²) in [7, 11) is 2.18. The molecule has 1 aliphatic heterocycles. The Morgan fingerprint density at radius 1 is 1.16 bits per heavy atom. The minimum absolute atomic E-state index is 0.326. The number of ether oxygens (including phenoxy) is 2. The maximum Gasteiger partial charge on any atom is 0.231 e. The van der Waals surface area contributed by atoms with Gasteiger partial charge in [0.05, 0.1) is 0 Å². The van der Waals surface area contributed by atoms with Crippen molar-refractivity contribution in [2.45, 2.75) is 31.6 Å². The molecule has 0 radical (unpaired) electrons. The largest absolute Gasteiger partial charge is 0.508 e. The number of rotatable bonds is 5. The van der Waals surface area contributed by atoms with E-state index in [1.54, 1.807) is 0 Å². The second-order valence-corrected chi connectivity index (χ2v) is 7.13. The molecule has 0 fully saturated rings. The third-order valence-electron chi connectivity index (χ3n) is 5.36. The van der Waals surface area contributed by atoms with Crippen LogP contribution in [0.4, 0.5) is 0 Å². The van der Waals surface area contributed by atoms with E-state index in [0.717, 1.165) is 49.4 Å². The lowest BCUT2D eigenvalue weighted by molar-refractivity contribution is 0.174. The molecule has 0 aromatic heterocycles. The van der Waals surface area contributed by atoms with Crippen LogP contribution >= 0.6 is 0 Å². The predicted molar refractivity (Wildman–Crippen MR) is 97.6 cm³/mol. The van der Waals surface area contributed by atoms with E-state index in [0.29, 0.717) is 18.5 Å². The molecule has 1 N–H and O–H groups in total. The molecule has 0 bridgehead atoms. The lowest BCUT2D eigenvalue weighted by Gasteiger charge is -2.30. The van der Waals surface area contributed by atoms with Crippen LogP contribution in [0.2, 0.25) is 0 Å². The Bertz CT molecular complexity index is 759. The molecule has 25 heavy (non-hydrogen) atoms. The van der Waals surface area contributed by atoms with Crippen LogP contribution < -0.4 is 9.47 Å². The van der Waals surface area contributed by atoms with Crippen molar-refractivity contribution < 1.29 is 14.6 Å². The maximum atomic E-state index is 10.1.